The number of benzene rings is 2. The Balaban J connectivity index is 1.22. The zero-order chi connectivity index (χ0) is 33.4. The number of anilines is 1. The summed E-state index contributed by atoms with van der Waals surface area (Å²) >= 11 is 0. The van der Waals surface area contributed by atoms with E-state index in [4.69, 9.17) is 9.47 Å². The SMILES string of the molecule is Cn1c(C(=O)N2CCN(C(=O)OC(C)(C)C)CC2)cc2ccc(Oc3ccc(NS(=O)(=O)c4ccc(C(F)(F)F)cc4)cn3)cc21. The van der Waals surface area contributed by atoms with E-state index < -0.39 is 33.5 Å². The number of sulfonamides is 1. The predicted octanol–water partition coefficient (Wildman–Crippen LogP) is 5.88. The van der Waals surface area contributed by atoms with Crippen LogP contribution in [0.15, 0.2) is 71.8 Å². The Morgan fingerprint density at radius 3 is 2.13 bits per heavy atom. The molecule has 1 fully saturated rings. The molecule has 1 aliphatic rings. The number of hydrogen-bond donors (Lipinski definition) is 1. The number of aryl methyl sites for hydroxylation is 1. The summed E-state index contributed by atoms with van der Waals surface area (Å²) in [5.41, 5.74) is -0.271. The molecule has 1 aliphatic heterocycles. The molecule has 2 amide bonds. The van der Waals surface area contributed by atoms with Gasteiger partial charge in [0.2, 0.25) is 5.88 Å². The third-order valence-corrected chi connectivity index (χ3v) is 8.55. The van der Waals surface area contributed by atoms with Gasteiger partial charge >= 0.3 is 12.3 Å². The van der Waals surface area contributed by atoms with Gasteiger partial charge in [-0.15, -0.1) is 0 Å². The van der Waals surface area contributed by atoms with E-state index in [0.717, 1.165) is 23.0 Å². The lowest BCUT2D eigenvalue weighted by atomic mass is 10.2. The maximum atomic E-state index is 13.4. The molecule has 0 atom stereocenters. The third-order valence-electron chi connectivity index (χ3n) is 7.16. The number of ether oxygens (including phenoxy) is 2. The quantitative estimate of drug-likeness (QED) is 0.274. The van der Waals surface area contributed by atoms with Gasteiger partial charge in [0.15, 0.2) is 0 Å². The smallest absolute Gasteiger partial charge is 0.416 e. The Hall–Kier alpha value is -4.79. The minimum Gasteiger partial charge on any atom is -0.444 e. The average Bonchev–Trinajstić information content (AvgIpc) is 3.32. The Kier molecular flexibility index (Phi) is 8.64. The largest absolute Gasteiger partial charge is 0.444 e. The van der Waals surface area contributed by atoms with Gasteiger partial charge in [0, 0.05) is 50.7 Å². The molecule has 0 saturated carbocycles. The van der Waals surface area contributed by atoms with Gasteiger partial charge < -0.3 is 23.8 Å². The van der Waals surface area contributed by atoms with Crippen LogP contribution in [-0.2, 0) is 28.0 Å². The van der Waals surface area contributed by atoms with E-state index in [1.54, 1.807) is 66.5 Å². The number of amides is 2. The number of rotatable bonds is 6. The lowest BCUT2D eigenvalue weighted by Crippen LogP contribution is -2.51. The molecule has 46 heavy (non-hydrogen) atoms. The Labute approximate surface area is 263 Å². The first-order valence-corrected chi connectivity index (χ1v) is 15.7. The van der Waals surface area contributed by atoms with Crippen molar-refractivity contribution in [2.45, 2.75) is 37.4 Å². The average molecular weight is 660 g/mol. The number of fused-ring (bicyclic) bond motifs is 1. The van der Waals surface area contributed by atoms with Crippen LogP contribution in [0.4, 0.5) is 23.7 Å². The van der Waals surface area contributed by atoms with Crippen LogP contribution in [0, 0.1) is 0 Å². The van der Waals surface area contributed by atoms with Gasteiger partial charge in [-0.25, -0.2) is 18.2 Å². The van der Waals surface area contributed by atoms with E-state index in [0.29, 0.717) is 49.8 Å². The van der Waals surface area contributed by atoms with Crippen molar-refractivity contribution in [3.05, 3.63) is 78.1 Å². The van der Waals surface area contributed by atoms with E-state index in [2.05, 4.69) is 9.71 Å². The van der Waals surface area contributed by atoms with E-state index in [-0.39, 0.29) is 22.4 Å². The molecule has 0 spiro atoms. The fourth-order valence-electron chi connectivity index (χ4n) is 4.82. The fourth-order valence-corrected chi connectivity index (χ4v) is 5.86. The number of alkyl halides is 3. The topological polar surface area (TPSA) is 123 Å². The van der Waals surface area contributed by atoms with Gasteiger partial charge in [0.25, 0.3) is 15.9 Å². The van der Waals surface area contributed by atoms with E-state index in [1.807, 2.05) is 0 Å². The molecule has 0 unspecified atom stereocenters. The minimum atomic E-state index is -4.58. The Morgan fingerprint density at radius 2 is 1.54 bits per heavy atom. The van der Waals surface area contributed by atoms with Crippen LogP contribution in [0.25, 0.3) is 10.9 Å². The highest BCUT2D eigenvalue weighted by Gasteiger charge is 2.31. The number of nitrogens with one attached hydrogen (secondary N) is 1. The lowest BCUT2D eigenvalue weighted by molar-refractivity contribution is -0.137. The molecule has 3 heterocycles. The predicted molar refractivity (Wildman–Crippen MR) is 163 cm³/mol. The van der Waals surface area contributed by atoms with Crippen molar-refractivity contribution in [3.8, 4) is 11.6 Å². The molecule has 0 bridgehead atoms. The van der Waals surface area contributed by atoms with E-state index in [1.165, 1.54) is 18.3 Å². The minimum absolute atomic E-state index is 0.0835. The Bertz CT molecular complexity index is 1860. The number of carbonyl (C=O) groups is 2. The second kappa shape index (κ2) is 12.2. The highest BCUT2D eigenvalue weighted by atomic mass is 32.2. The molecule has 0 radical (unpaired) electrons. The van der Waals surface area contributed by atoms with Crippen molar-refractivity contribution >= 4 is 38.6 Å². The van der Waals surface area contributed by atoms with Crippen LogP contribution in [-0.4, -0.2) is 71.5 Å². The van der Waals surface area contributed by atoms with Crippen LogP contribution in [0.1, 0.15) is 36.8 Å². The summed E-state index contributed by atoms with van der Waals surface area (Å²) in [5.74, 6) is 0.412. The third kappa shape index (κ3) is 7.36. The number of halogens is 3. The van der Waals surface area contributed by atoms with Gasteiger partial charge in [0.05, 0.1) is 27.9 Å². The molecule has 1 N–H and O–H groups in total. The highest BCUT2D eigenvalue weighted by molar-refractivity contribution is 7.92. The fraction of sp³-hybridized carbons (Fsp3) is 0.323. The zero-order valence-corrected chi connectivity index (χ0v) is 26.3. The number of hydrogen-bond acceptors (Lipinski definition) is 7. The molecule has 2 aromatic heterocycles. The van der Waals surface area contributed by atoms with Gasteiger partial charge in [-0.3, -0.25) is 9.52 Å². The van der Waals surface area contributed by atoms with Crippen LogP contribution in [0.5, 0.6) is 11.6 Å². The van der Waals surface area contributed by atoms with Crippen LogP contribution in [0.2, 0.25) is 0 Å². The lowest BCUT2D eigenvalue weighted by Gasteiger charge is -2.35. The molecular weight excluding hydrogens is 627 g/mol. The number of pyridine rings is 1. The maximum absolute atomic E-state index is 13.4. The van der Waals surface area contributed by atoms with Crippen molar-refractivity contribution in [2.75, 3.05) is 30.9 Å². The number of aromatic nitrogens is 2. The molecule has 5 rings (SSSR count). The summed E-state index contributed by atoms with van der Waals surface area (Å²) in [5, 5.41) is 0.812. The van der Waals surface area contributed by atoms with Gasteiger partial charge in [-0.05, 0) is 69.3 Å². The van der Waals surface area contributed by atoms with Crippen molar-refractivity contribution in [3.63, 3.8) is 0 Å². The van der Waals surface area contributed by atoms with Crippen molar-refractivity contribution in [1.82, 2.24) is 19.4 Å². The highest BCUT2D eigenvalue weighted by Crippen LogP contribution is 2.31. The number of piperazine rings is 1. The second-order valence-electron chi connectivity index (χ2n) is 11.7. The summed E-state index contributed by atoms with van der Waals surface area (Å²) in [6, 6.07) is 13.0. The summed E-state index contributed by atoms with van der Waals surface area (Å²) in [7, 11) is -2.39. The zero-order valence-electron chi connectivity index (χ0n) is 25.5. The second-order valence-corrected chi connectivity index (χ2v) is 13.4. The first-order chi connectivity index (χ1) is 21.5. The summed E-state index contributed by atoms with van der Waals surface area (Å²) in [6.45, 7) is 6.89. The summed E-state index contributed by atoms with van der Waals surface area (Å²) < 4.78 is 79.0. The van der Waals surface area contributed by atoms with Crippen LogP contribution < -0.4 is 9.46 Å². The van der Waals surface area contributed by atoms with Crippen molar-refractivity contribution in [2.24, 2.45) is 7.05 Å². The maximum Gasteiger partial charge on any atom is 0.416 e. The normalized spacial score (nSPS) is 14.3. The standard InChI is InChI=1S/C31H32F3N5O6S/c1-30(2,3)45-29(41)39-15-13-38(14-16-39)28(40)26-17-20-5-9-23(18-25(20)37(26)4)44-27-12-8-22(19-35-27)36-46(42,43)24-10-6-21(7-11-24)31(32,33)34/h5-12,17-19,36H,13-16H2,1-4H3. The molecule has 4 aromatic rings. The Morgan fingerprint density at radius 1 is 0.891 bits per heavy atom. The first kappa shape index (κ1) is 32.6. The molecular formula is C31H32F3N5O6S. The summed E-state index contributed by atoms with van der Waals surface area (Å²) in [4.78, 5) is 32.8. The molecule has 15 heteroatoms. The van der Waals surface area contributed by atoms with E-state index in [9.17, 15) is 31.2 Å². The molecule has 1 saturated heterocycles. The monoisotopic (exact) mass is 659 g/mol. The van der Waals surface area contributed by atoms with Crippen LogP contribution >= 0.6 is 0 Å². The first-order valence-electron chi connectivity index (χ1n) is 14.2. The molecule has 244 valence electrons. The number of nitrogens with zero attached hydrogens (tertiary/aromatic N) is 4. The molecule has 0 aliphatic carbocycles. The van der Waals surface area contributed by atoms with Crippen LogP contribution in [0.3, 0.4) is 0 Å². The van der Waals surface area contributed by atoms with Gasteiger partial charge in [-0.2, -0.15) is 13.2 Å². The molecule has 11 nitrogen and oxygen atoms in total. The van der Waals surface area contributed by atoms with Crippen molar-refractivity contribution < 1.29 is 40.7 Å². The van der Waals surface area contributed by atoms with Crippen molar-refractivity contribution in [1.29, 1.82) is 0 Å². The van der Waals surface area contributed by atoms with E-state index >= 15 is 0 Å². The van der Waals surface area contributed by atoms with Gasteiger partial charge in [0.1, 0.15) is 17.0 Å². The number of carbonyl (C=O) groups excluding carboxylic acids is 2. The molecule has 2 aromatic carbocycles. The van der Waals surface area contributed by atoms with Gasteiger partial charge in [-0.1, -0.05) is 0 Å². The summed E-state index contributed by atoms with van der Waals surface area (Å²) in [6.07, 6.45) is -3.76.